The highest BCUT2D eigenvalue weighted by Gasteiger charge is 2.30. The lowest BCUT2D eigenvalue weighted by molar-refractivity contribution is -0.137. The van der Waals surface area contributed by atoms with Crippen LogP contribution in [0.15, 0.2) is 53.6 Å². The van der Waals surface area contributed by atoms with E-state index in [0.717, 1.165) is 24.3 Å². The molecule has 0 spiro atoms. The first-order valence-electron chi connectivity index (χ1n) is 6.39. The summed E-state index contributed by atoms with van der Waals surface area (Å²) >= 11 is 0. The van der Waals surface area contributed by atoms with Crippen molar-refractivity contribution in [3.63, 3.8) is 0 Å². The van der Waals surface area contributed by atoms with Gasteiger partial charge < -0.3 is 0 Å². The van der Waals surface area contributed by atoms with E-state index in [0.29, 0.717) is 10.9 Å². The molecule has 0 saturated heterocycles. The van der Waals surface area contributed by atoms with Gasteiger partial charge in [0, 0.05) is 5.39 Å². The van der Waals surface area contributed by atoms with Crippen LogP contribution in [-0.4, -0.2) is 18.6 Å². The third kappa shape index (κ3) is 3.00. The molecule has 3 rings (SSSR count). The van der Waals surface area contributed by atoms with Crippen molar-refractivity contribution in [2.24, 2.45) is 0 Å². The van der Waals surface area contributed by atoms with Crippen molar-refractivity contribution in [3.8, 4) is 0 Å². The number of aromatic amines is 1. The highest BCUT2D eigenvalue weighted by molar-refractivity contribution is 7.92. The molecule has 2 aromatic carbocycles. The van der Waals surface area contributed by atoms with E-state index < -0.39 is 21.8 Å². The predicted molar refractivity (Wildman–Crippen MR) is 78.3 cm³/mol. The topological polar surface area (TPSA) is 74.8 Å². The van der Waals surface area contributed by atoms with Crippen molar-refractivity contribution in [1.82, 2.24) is 10.2 Å². The van der Waals surface area contributed by atoms with E-state index in [1.807, 2.05) is 0 Å². The number of aromatic nitrogens is 2. The van der Waals surface area contributed by atoms with E-state index in [-0.39, 0.29) is 10.6 Å². The second-order valence-corrected chi connectivity index (χ2v) is 6.45. The Hall–Kier alpha value is -2.55. The lowest BCUT2D eigenvalue weighted by atomic mass is 10.2. The number of halogens is 3. The van der Waals surface area contributed by atoms with Crippen LogP contribution in [0.2, 0.25) is 0 Å². The van der Waals surface area contributed by atoms with Crippen molar-refractivity contribution >= 4 is 26.6 Å². The van der Waals surface area contributed by atoms with Crippen molar-refractivity contribution in [3.05, 3.63) is 54.2 Å². The number of sulfonamides is 1. The van der Waals surface area contributed by atoms with Crippen molar-refractivity contribution in [1.29, 1.82) is 0 Å². The normalized spacial score (nSPS) is 12.5. The Morgan fingerprint density at radius 1 is 1.04 bits per heavy atom. The third-order valence-corrected chi connectivity index (χ3v) is 4.59. The molecule has 120 valence electrons. The van der Waals surface area contributed by atoms with Crippen molar-refractivity contribution in [2.75, 3.05) is 4.72 Å². The summed E-state index contributed by atoms with van der Waals surface area (Å²) in [5.41, 5.74) is -0.157. The van der Waals surface area contributed by atoms with Crippen LogP contribution in [0.3, 0.4) is 0 Å². The van der Waals surface area contributed by atoms with Gasteiger partial charge >= 0.3 is 6.18 Å². The Morgan fingerprint density at radius 3 is 2.39 bits per heavy atom. The first-order chi connectivity index (χ1) is 10.8. The monoisotopic (exact) mass is 341 g/mol. The molecule has 9 heteroatoms. The minimum atomic E-state index is -4.52. The molecule has 0 aliphatic carbocycles. The molecule has 0 aliphatic rings. The number of hydrogen-bond acceptors (Lipinski definition) is 3. The lowest BCUT2D eigenvalue weighted by Gasteiger charge is -2.10. The number of alkyl halides is 3. The van der Waals surface area contributed by atoms with Gasteiger partial charge in [0.1, 0.15) is 0 Å². The number of fused-ring (bicyclic) bond motifs is 1. The highest BCUT2D eigenvalue weighted by Crippen LogP contribution is 2.30. The van der Waals surface area contributed by atoms with Gasteiger partial charge in [0.05, 0.1) is 27.9 Å². The number of rotatable bonds is 3. The van der Waals surface area contributed by atoms with Crippen LogP contribution in [0, 0.1) is 0 Å². The molecule has 1 aromatic heterocycles. The van der Waals surface area contributed by atoms with Gasteiger partial charge in [-0.1, -0.05) is 12.1 Å². The van der Waals surface area contributed by atoms with E-state index in [9.17, 15) is 21.6 Å². The number of nitrogens with zero attached hydrogens (tertiary/aromatic N) is 1. The molecule has 3 aromatic rings. The van der Waals surface area contributed by atoms with Crippen LogP contribution in [0.5, 0.6) is 0 Å². The second kappa shape index (κ2) is 5.27. The standard InChI is InChI=1S/C14H10F3N3O2S/c15-14(16,17)10-4-6-11(7-5-10)23(21,22)20-12-3-1-2-9-8-18-19-13(9)12/h1-8,20H,(H,18,19). The Morgan fingerprint density at radius 2 is 1.74 bits per heavy atom. The van der Waals surface area contributed by atoms with E-state index >= 15 is 0 Å². The van der Waals surface area contributed by atoms with Crippen LogP contribution in [0.4, 0.5) is 18.9 Å². The van der Waals surface area contributed by atoms with Gasteiger partial charge in [-0.25, -0.2) is 8.42 Å². The van der Waals surface area contributed by atoms with E-state index in [4.69, 9.17) is 0 Å². The minimum absolute atomic E-state index is 0.262. The maximum absolute atomic E-state index is 12.5. The summed E-state index contributed by atoms with van der Waals surface area (Å²) in [4.78, 5) is -0.262. The van der Waals surface area contributed by atoms with Gasteiger partial charge in [-0.2, -0.15) is 18.3 Å². The number of hydrogen-bond donors (Lipinski definition) is 2. The summed E-state index contributed by atoms with van der Waals surface area (Å²) in [6.45, 7) is 0. The maximum Gasteiger partial charge on any atom is 0.416 e. The summed E-state index contributed by atoms with van der Waals surface area (Å²) in [5, 5.41) is 7.19. The number of para-hydroxylation sites is 1. The summed E-state index contributed by atoms with van der Waals surface area (Å²) in [7, 11) is -4.01. The Bertz CT molecular complexity index is 947. The fraction of sp³-hybridized carbons (Fsp3) is 0.0714. The van der Waals surface area contributed by atoms with Crippen molar-refractivity contribution in [2.45, 2.75) is 11.1 Å². The van der Waals surface area contributed by atoms with E-state index in [1.54, 1.807) is 12.1 Å². The van der Waals surface area contributed by atoms with Gasteiger partial charge in [0.15, 0.2) is 0 Å². The number of benzene rings is 2. The minimum Gasteiger partial charge on any atom is -0.277 e. The zero-order valence-electron chi connectivity index (χ0n) is 11.4. The Kier molecular flexibility index (Phi) is 3.52. The number of H-pyrrole nitrogens is 1. The average Bonchev–Trinajstić information content (AvgIpc) is 2.96. The molecule has 0 radical (unpaired) electrons. The third-order valence-electron chi connectivity index (χ3n) is 3.21. The fourth-order valence-electron chi connectivity index (χ4n) is 2.08. The molecule has 0 fully saturated rings. The molecule has 0 saturated carbocycles. The maximum atomic E-state index is 12.5. The van der Waals surface area contributed by atoms with Crippen LogP contribution in [0.1, 0.15) is 5.56 Å². The lowest BCUT2D eigenvalue weighted by Crippen LogP contribution is -2.14. The SMILES string of the molecule is O=S(=O)(Nc1cccc2cn[nH]c12)c1ccc(C(F)(F)F)cc1. The van der Waals surface area contributed by atoms with Crippen LogP contribution in [0.25, 0.3) is 10.9 Å². The summed E-state index contributed by atoms with van der Waals surface area (Å²) in [6.07, 6.45) is -2.98. The Labute approximate surface area is 129 Å². The molecule has 23 heavy (non-hydrogen) atoms. The molecular weight excluding hydrogens is 331 g/mol. The van der Waals surface area contributed by atoms with Crippen LogP contribution in [-0.2, 0) is 16.2 Å². The number of nitrogens with one attached hydrogen (secondary N) is 2. The van der Waals surface area contributed by atoms with E-state index in [2.05, 4.69) is 14.9 Å². The van der Waals surface area contributed by atoms with Crippen LogP contribution >= 0.6 is 0 Å². The molecule has 0 aliphatic heterocycles. The van der Waals surface area contributed by atoms with Gasteiger partial charge in [0.25, 0.3) is 10.0 Å². The second-order valence-electron chi connectivity index (χ2n) is 4.77. The summed E-state index contributed by atoms with van der Waals surface area (Å²) < 4.78 is 64.5. The summed E-state index contributed by atoms with van der Waals surface area (Å²) in [6, 6.07) is 8.20. The first-order valence-corrected chi connectivity index (χ1v) is 7.88. The number of anilines is 1. The van der Waals surface area contributed by atoms with Crippen LogP contribution < -0.4 is 4.72 Å². The smallest absolute Gasteiger partial charge is 0.277 e. The molecule has 0 atom stereocenters. The average molecular weight is 341 g/mol. The molecule has 0 amide bonds. The Balaban J connectivity index is 1.94. The predicted octanol–water partition coefficient (Wildman–Crippen LogP) is 3.38. The van der Waals surface area contributed by atoms with Crippen molar-refractivity contribution < 1.29 is 21.6 Å². The largest absolute Gasteiger partial charge is 0.416 e. The fourth-order valence-corrected chi connectivity index (χ4v) is 3.15. The zero-order chi connectivity index (χ0) is 16.7. The molecule has 2 N–H and O–H groups in total. The zero-order valence-corrected chi connectivity index (χ0v) is 12.2. The summed E-state index contributed by atoms with van der Waals surface area (Å²) in [5.74, 6) is 0. The van der Waals surface area contributed by atoms with Gasteiger partial charge in [-0.05, 0) is 30.3 Å². The first kappa shape index (κ1) is 15.3. The highest BCUT2D eigenvalue weighted by atomic mass is 32.2. The van der Waals surface area contributed by atoms with Gasteiger partial charge in [-0.15, -0.1) is 0 Å². The molecule has 5 nitrogen and oxygen atoms in total. The molecule has 1 heterocycles. The van der Waals surface area contributed by atoms with Gasteiger partial charge in [-0.3, -0.25) is 9.82 Å². The molecule has 0 unspecified atom stereocenters. The molecule has 0 bridgehead atoms. The quantitative estimate of drug-likeness (QED) is 0.767. The molecular formula is C14H10F3N3O2S. The van der Waals surface area contributed by atoms with Gasteiger partial charge in [0.2, 0.25) is 0 Å². The van der Waals surface area contributed by atoms with E-state index in [1.165, 1.54) is 12.3 Å².